The van der Waals surface area contributed by atoms with Gasteiger partial charge in [0, 0.05) is 0 Å². The molecule has 0 amide bonds. The van der Waals surface area contributed by atoms with Crippen LogP contribution in [0.5, 0.6) is 0 Å². The van der Waals surface area contributed by atoms with Gasteiger partial charge in [0.2, 0.25) is 0 Å². The largest absolute Gasteiger partial charge is 0.480 e. The van der Waals surface area contributed by atoms with Crippen LogP contribution in [-0.2, 0) is 14.8 Å². The highest BCUT2D eigenvalue weighted by Gasteiger charge is 2.27. The average Bonchev–Trinajstić information content (AvgIpc) is 2.53. The minimum Gasteiger partial charge on any atom is -0.480 e. The molecule has 0 aliphatic carbocycles. The molecular formula is C17H18FNO4S. The molecule has 1 N–H and O–H groups in total. The number of aliphatic carboxylic acids is 1. The van der Waals surface area contributed by atoms with Gasteiger partial charge in [-0.1, -0.05) is 26.0 Å². The maximum Gasteiger partial charge on any atom is 0.324 e. The second-order valence-corrected chi connectivity index (χ2v) is 7.47. The van der Waals surface area contributed by atoms with Gasteiger partial charge in [-0.2, -0.15) is 0 Å². The van der Waals surface area contributed by atoms with Crippen molar-refractivity contribution >= 4 is 21.7 Å². The number of benzene rings is 2. The first-order valence-corrected chi connectivity index (χ1v) is 8.76. The average molecular weight is 351 g/mol. The summed E-state index contributed by atoms with van der Waals surface area (Å²) in [5, 5.41) is 9.08. The van der Waals surface area contributed by atoms with Gasteiger partial charge in [-0.15, -0.1) is 0 Å². The monoisotopic (exact) mass is 351 g/mol. The van der Waals surface area contributed by atoms with E-state index in [1.54, 1.807) is 24.3 Å². The summed E-state index contributed by atoms with van der Waals surface area (Å²) < 4.78 is 39.3. The second kappa shape index (κ2) is 7.00. The van der Waals surface area contributed by atoms with Gasteiger partial charge in [-0.25, -0.2) is 12.8 Å². The van der Waals surface area contributed by atoms with E-state index < -0.39 is 28.4 Å². The van der Waals surface area contributed by atoms with Crippen molar-refractivity contribution in [2.75, 3.05) is 10.8 Å². The summed E-state index contributed by atoms with van der Waals surface area (Å²) in [5.74, 6) is -1.59. The Hall–Kier alpha value is -2.41. The molecule has 2 aromatic carbocycles. The fourth-order valence-electron chi connectivity index (χ4n) is 2.20. The van der Waals surface area contributed by atoms with Crippen LogP contribution in [0.2, 0.25) is 0 Å². The van der Waals surface area contributed by atoms with E-state index in [4.69, 9.17) is 5.11 Å². The molecule has 0 aromatic heterocycles. The van der Waals surface area contributed by atoms with Gasteiger partial charge in [0.05, 0.1) is 10.6 Å². The van der Waals surface area contributed by atoms with E-state index in [0.29, 0.717) is 0 Å². The molecule has 0 saturated carbocycles. The first-order chi connectivity index (χ1) is 11.2. The number of sulfonamides is 1. The Labute approximate surface area is 140 Å². The van der Waals surface area contributed by atoms with E-state index in [1.807, 2.05) is 13.8 Å². The molecule has 0 bridgehead atoms. The Morgan fingerprint density at radius 3 is 2.08 bits per heavy atom. The number of hydrogen-bond donors (Lipinski definition) is 1. The molecule has 0 fully saturated rings. The van der Waals surface area contributed by atoms with Crippen LogP contribution in [0, 0.1) is 5.82 Å². The van der Waals surface area contributed by atoms with Crippen molar-refractivity contribution in [2.45, 2.75) is 24.7 Å². The number of anilines is 1. The number of halogens is 1. The molecule has 0 unspecified atom stereocenters. The van der Waals surface area contributed by atoms with Crippen LogP contribution < -0.4 is 4.31 Å². The second-order valence-electron chi connectivity index (χ2n) is 5.61. The molecule has 128 valence electrons. The zero-order valence-electron chi connectivity index (χ0n) is 13.3. The van der Waals surface area contributed by atoms with Crippen molar-refractivity contribution in [1.29, 1.82) is 0 Å². The van der Waals surface area contributed by atoms with E-state index in [-0.39, 0.29) is 16.5 Å². The van der Waals surface area contributed by atoms with Crippen molar-refractivity contribution in [3.63, 3.8) is 0 Å². The lowest BCUT2D eigenvalue weighted by molar-refractivity contribution is -0.135. The summed E-state index contributed by atoms with van der Waals surface area (Å²) in [5.41, 5.74) is 1.25. The highest BCUT2D eigenvalue weighted by molar-refractivity contribution is 7.92. The molecule has 0 heterocycles. The molecule has 7 heteroatoms. The molecule has 2 aromatic rings. The lowest BCUT2D eigenvalue weighted by atomic mass is 10.0. The quantitative estimate of drug-likeness (QED) is 0.867. The predicted octanol–water partition coefficient (Wildman–Crippen LogP) is 3.23. The van der Waals surface area contributed by atoms with Gasteiger partial charge in [0.25, 0.3) is 10.0 Å². The van der Waals surface area contributed by atoms with Crippen molar-refractivity contribution in [3.05, 3.63) is 59.9 Å². The van der Waals surface area contributed by atoms with Crippen LogP contribution in [0.25, 0.3) is 0 Å². The minimum absolute atomic E-state index is 0.168. The smallest absolute Gasteiger partial charge is 0.324 e. The van der Waals surface area contributed by atoms with Gasteiger partial charge in [0.1, 0.15) is 12.4 Å². The zero-order valence-corrected chi connectivity index (χ0v) is 14.1. The Balaban J connectivity index is 2.47. The Morgan fingerprint density at radius 2 is 1.62 bits per heavy atom. The van der Waals surface area contributed by atoms with Crippen LogP contribution in [0.15, 0.2) is 53.4 Å². The third-order valence-electron chi connectivity index (χ3n) is 3.53. The zero-order chi connectivity index (χ0) is 17.9. The lowest BCUT2D eigenvalue weighted by Gasteiger charge is -2.23. The molecule has 0 aliphatic heterocycles. The lowest BCUT2D eigenvalue weighted by Crippen LogP contribution is -2.35. The van der Waals surface area contributed by atoms with Gasteiger partial charge < -0.3 is 5.11 Å². The summed E-state index contributed by atoms with van der Waals surface area (Å²) in [7, 11) is -4.11. The van der Waals surface area contributed by atoms with E-state index in [2.05, 4.69) is 0 Å². The normalized spacial score (nSPS) is 11.5. The van der Waals surface area contributed by atoms with Crippen molar-refractivity contribution in [2.24, 2.45) is 0 Å². The Kier molecular flexibility index (Phi) is 5.23. The first-order valence-electron chi connectivity index (χ1n) is 7.32. The predicted molar refractivity (Wildman–Crippen MR) is 89.1 cm³/mol. The van der Waals surface area contributed by atoms with Crippen molar-refractivity contribution in [1.82, 2.24) is 0 Å². The SMILES string of the molecule is CC(C)c1ccc(N(CC(=O)O)S(=O)(=O)c2ccc(F)cc2)cc1. The third kappa shape index (κ3) is 3.91. The molecule has 2 rings (SSSR count). The number of carboxylic acid groups (broad SMARTS) is 1. The maximum absolute atomic E-state index is 13.0. The number of hydrogen-bond acceptors (Lipinski definition) is 3. The molecule has 0 spiro atoms. The van der Waals surface area contributed by atoms with Crippen molar-refractivity contribution < 1.29 is 22.7 Å². The first kappa shape index (κ1) is 17.9. The molecular weight excluding hydrogens is 333 g/mol. The van der Waals surface area contributed by atoms with E-state index in [1.165, 1.54) is 0 Å². The van der Waals surface area contributed by atoms with Gasteiger partial charge in [0.15, 0.2) is 0 Å². The topological polar surface area (TPSA) is 74.7 Å². The Bertz CT molecular complexity index is 815. The van der Waals surface area contributed by atoms with E-state index in [0.717, 1.165) is 34.1 Å². The van der Waals surface area contributed by atoms with E-state index >= 15 is 0 Å². The van der Waals surface area contributed by atoms with Crippen LogP contribution in [0.4, 0.5) is 10.1 Å². The third-order valence-corrected chi connectivity index (χ3v) is 5.32. The summed E-state index contributed by atoms with van der Waals surface area (Å²) in [6.45, 7) is 3.28. The number of carboxylic acids is 1. The minimum atomic E-state index is -4.11. The maximum atomic E-state index is 13.0. The fourth-order valence-corrected chi connectivity index (χ4v) is 3.61. The standard InChI is InChI=1S/C17H18FNO4S/c1-12(2)13-3-7-15(8-4-13)19(11-17(20)21)24(22,23)16-9-5-14(18)6-10-16/h3-10,12H,11H2,1-2H3,(H,20,21). The fraction of sp³-hybridized carbons (Fsp3) is 0.235. The van der Waals surface area contributed by atoms with Crippen LogP contribution in [0.1, 0.15) is 25.3 Å². The molecule has 0 aliphatic rings. The number of carbonyl (C=O) groups is 1. The Morgan fingerprint density at radius 1 is 1.08 bits per heavy atom. The molecule has 0 atom stereocenters. The van der Waals surface area contributed by atoms with Crippen molar-refractivity contribution in [3.8, 4) is 0 Å². The van der Waals surface area contributed by atoms with Gasteiger partial charge >= 0.3 is 5.97 Å². The summed E-state index contributed by atoms with van der Waals surface area (Å²) in [6.07, 6.45) is 0. The summed E-state index contributed by atoms with van der Waals surface area (Å²) in [6, 6.07) is 10.9. The summed E-state index contributed by atoms with van der Waals surface area (Å²) >= 11 is 0. The molecule has 24 heavy (non-hydrogen) atoms. The van der Waals surface area contributed by atoms with Crippen LogP contribution >= 0.6 is 0 Å². The van der Waals surface area contributed by atoms with Gasteiger partial charge in [-0.05, 0) is 47.9 Å². The van der Waals surface area contributed by atoms with Gasteiger partial charge in [-0.3, -0.25) is 9.10 Å². The highest BCUT2D eigenvalue weighted by Crippen LogP contribution is 2.25. The molecule has 5 nitrogen and oxygen atoms in total. The molecule has 0 saturated heterocycles. The highest BCUT2D eigenvalue weighted by atomic mass is 32.2. The van der Waals surface area contributed by atoms with Crippen LogP contribution in [0.3, 0.4) is 0 Å². The van der Waals surface area contributed by atoms with Crippen LogP contribution in [-0.4, -0.2) is 26.0 Å². The summed E-state index contributed by atoms with van der Waals surface area (Å²) in [4.78, 5) is 11.0. The number of rotatable bonds is 6. The molecule has 0 radical (unpaired) electrons. The van der Waals surface area contributed by atoms with E-state index in [9.17, 15) is 17.6 Å². The number of nitrogens with zero attached hydrogens (tertiary/aromatic N) is 1.